The van der Waals surface area contributed by atoms with Gasteiger partial charge in [0.05, 0.1) is 6.61 Å². The van der Waals surface area contributed by atoms with Gasteiger partial charge in [-0.05, 0) is 31.9 Å². The summed E-state index contributed by atoms with van der Waals surface area (Å²) in [5, 5.41) is 0. The largest absolute Gasteiger partial charge is 0.490 e. The van der Waals surface area contributed by atoms with E-state index in [9.17, 15) is 4.79 Å². The third-order valence-corrected chi connectivity index (χ3v) is 2.84. The minimum absolute atomic E-state index is 0.0278. The van der Waals surface area contributed by atoms with Crippen LogP contribution in [0.4, 0.5) is 0 Å². The average molecular weight is 279 g/mol. The number of benzene rings is 1. The Labute approximate surface area is 121 Å². The molecular formula is C16H25NO3. The van der Waals surface area contributed by atoms with Crippen LogP contribution in [0, 0.1) is 0 Å². The molecule has 112 valence electrons. The Morgan fingerprint density at radius 3 is 2.05 bits per heavy atom. The molecule has 20 heavy (non-hydrogen) atoms. The van der Waals surface area contributed by atoms with Gasteiger partial charge in [0.15, 0.2) is 18.1 Å². The van der Waals surface area contributed by atoms with Gasteiger partial charge in [-0.3, -0.25) is 4.79 Å². The van der Waals surface area contributed by atoms with Crippen LogP contribution in [0.5, 0.6) is 11.5 Å². The first-order chi connectivity index (χ1) is 9.72. The number of carbonyl (C=O) groups is 1. The zero-order chi connectivity index (χ0) is 14.8. The van der Waals surface area contributed by atoms with E-state index in [2.05, 4.69) is 13.8 Å². The molecule has 0 saturated heterocycles. The molecule has 0 N–H and O–H groups in total. The highest BCUT2D eigenvalue weighted by Crippen LogP contribution is 2.26. The lowest BCUT2D eigenvalue weighted by molar-refractivity contribution is -0.133. The number of carbonyl (C=O) groups excluding carboxylic acids is 1. The number of rotatable bonds is 9. The first-order valence-corrected chi connectivity index (χ1v) is 7.35. The Morgan fingerprint density at radius 1 is 1.00 bits per heavy atom. The second-order valence-electron chi connectivity index (χ2n) is 4.55. The second kappa shape index (κ2) is 9.23. The maximum absolute atomic E-state index is 12.1. The second-order valence-corrected chi connectivity index (χ2v) is 4.55. The third-order valence-electron chi connectivity index (χ3n) is 2.84. The molecule has 0 atom stereocenters. The van der Waals surface area contributed by atoms with Crippen LogP contribution in [-0.2, 0) is 4.79 Å². The number of para-hydroxylation sites is 2. The minimum atomic E-state index is 0.0278. The number of ether oxygens (including phenoxy) is 2. The van der Waals surface area contributed by atoms with Crippen LogP contribution in [0.25, 0.3) is 0 Å². The van der Waals surface area contributed by atoms with E-state index in [-0.39, 0.29) is 12.5 Å². The molecule has 4 nitrogen and oxygen atoms in total. The standard InChI is InChI=1S/C16H25NO3/c1-4-11-17(12-5-2)16(18)13-20-15-10-8-7-9-14(15)19-6-3/h7-10H,4-6,11-13H2,1-3H3. The molecule has 4 heteroatoms. The maximum atomic E-state index is 12.1. The summed E-state index contributed by atoms with van der Waals surface area (Å²) >= 11 is 0. The SMILES string of the molecule is CCCN(CCC)C(=O)COc1ccccc1OCC. The molecule has 0 radical (unpaired) electrons. The van der Waals surface area contributed by atoms with Crippen LogP contribution >= 0.6 is 0 Å². The molecule has 1 rings (SSSR count). The van der Waals surface area contributed by atoms with E-state index in [1.165, 1.54) is 0 Å². The molecule has 0 spiro atoms. The van der Waals surface area contributed by atoms with E-state index in [0.717, 1.165) is 25.9 Å². The molecule has 0 unspecified atom stereocenters. The first kappa shape index (κ1) is 16.3. The van der Waals surface area contributed by atoms with Crippen molar-refractivity contribution in [2.24, 2.45) is 0 Å². The summed E-state index contributed by atoms with van der Waals surface area (Å²) in [6.07, 6.45) is 1.92. The topological polar surface area (TPSA) is 38.8 Å². The van der Waals surface area contributed by atoms with Crippen molar-refractivity contribution in [2.75, 3.05) is 26.3 Å². The Morgan fingerprint density at radius 2 is 1.55 bits per heavy atom. The molecule has 1 aromatic carbocycles. The van der Waals surface area contributed by atoms with Gasteiger partial charge in [0.25, 0.3) is 5.91 Å². The molecule has 0 aliphatic carbocycles. The van der Waals surface area contributed by atoms with Crippen molar-refractivity contribution in [2.45, 2.75) is 33.6 Å². The van der Waals surface area contributed by atoms with Crippen LogP contribution in [0.15, 0.2) is 24.3 Å². The molecular weight excluding hydrogens is 254 g/mol. The highest BCUT2D eigenvalue weighted by molar-refractivity contribution is 5.77. The van der Waals surface area contributed by atoms with Crippen molar-refractivity contribution < 1.29 is 14.3 Å². The fraction of sp³-hybridized carbons (Fsp3) is 0.562. The van der Waals surface area contributed by atoms with E-state index < -0.39 is 0 Å². The van der Waals surface area contributed by atoms with Crippen molar-refractivity contribution in [3.05, 3.63) is 24.3 Å². The van der Waals surface area contributed by atoms with Crippen molar-refractivity contribution in [3.8, 4) is 11.5 Å². The fourth-order valence-corrected chi connectivity index (χ4v) is 1.98. The summed E-state index contributed by atoms with van der Waals surface area (Å²) in [4.78, 5) is 14.0. The lowest BCUT2D eigenvalue weighted by Gasteiger charge is -2.21. The lowest BCUT2D eigenvalue weighted by atomic mass is 10.3. The summed E-state index contributed by atoms with van der Waals surface area (Å²) in [5.74, 6) is 1.33. The zero-order valence-electron chi connectivity index (χ0n) is 12.7. The van der Waals surface area contributed by atoms with Crippen molar-refractivity contribution in [1.82, 2.24) is 4.90 Å². The monoisotopic (exact) mass is 279 g/mol. The number of amides is 1. The number of nitrogens with zero attached hydrogens (tertiary/aromatic N) is 1. The molecule has 0 aliphatic rings. The summed E-state index contributed by atoms with van der Waals surface area (Å²) in [7, 11) is 0. The Bertz CT molecular complexity index is 400. The van der Waals surface area contributed by atoms with Crippen LogP contribution in [-0.4, -0.2) is 37.1 Å². The quantitative estimate of drug-likeness (QED) is 0.697. The normalized spacial score (nSPS) is 10.2. The van der Waals surface area contributed by atoms with Crippen LogP contribution in [0.3, 0.4) is 0 Å². The molecule has 0 saturated carbocycles. The van der Waals surface area contributed by atoms with Crippen LogP contribution in [0.1, 0.15) is 33.6 Å². The van der Waals surface area contributed by atoms with Gasteiger partial charge in [-0.2, -0.15) is 0 Å². The summed E-state index contributed by atoms with van der Waals surface area (Å²) < 4.78 is 11.1. The van der Waals surface area contributed by atoms with Gasteiger partial charge in [0.2, 0.25) is 0 Å². The van der Waals surface area contributed by atoms with E-state index in [1.54, 1.807) is 0 Å². The molecule has 0 aliphatic heterocycles. The Hall–Kier alpha value is -1.71. The first-order valence-electron chi connectivity index (χ1n) is 7.35. The Balaban J connectivity index is 2.59. The van der Waals surface area contributed by atoms with Gasteiger partial charge in [-0.15, -0.1) is 0 Å². The van der Waals surface area contributed by atoms with Crippen molar-refractivity contribution in [3.63, 3.8) is 0 Å². The highest BCUT2D eigenvalue weighted by atomic mass is 16.5. The van der Waals surface area contributed by atoms with Gasteiger partial charge in [-0.25, -0.2) is 0 Å². The smallest absolute Gasteiger partial charge is 0.260 e. The predicted octanol–water partition coefficient (Wildman–Crippen LogP) is 3.11. The molecule has 0 aromatic heterocycles. The minimum Gasteiger partial charge on any atom is -0.490 e. The van der Waals surface area contributed by atoms with Gasteiger partial charge in [-0.1, -0.05) is 26.0 Å². The van der Waals surface area contributed by atoms with Crippen LogP contribution in [0.2, 0.25) is 0 Å². The van der Waals surface area contributed by atoms with Crippen molar-refractivity contribution in [1.29, 1.82) is 0 Å². The average Bonchev–Trinajstić information content (AvgIpc) is 2.46. The van der Waals surface area contributed by atoms with Gasteiger partial charge in [0, 0.05) is 13.1 Å². The summed E-state index contributed by atoms with van der Waals surface area (Å²) in [6, 6.07) is 7.43. The Kier molecular flexibility index (Phi) is 7.55. The molecule has 1 aromatic rings. The van der Waals surface area contributed by atoms with Crippen molar-refractivity contribution >= 4 is 5.91 Å². The van der Waals surface area contributed by atoms with Crippen LogP contribution < -0.4 is 9.47 Å². The number of hydrogen-bond donors (Lipinski definition) is 0. The fourth-order valence-electron chi connectivity index (χ4n) is 1.98. The van der Waals surface area contributed by atoms with E-state index in [1.807, 2.05) is 36.1 Å². The highest BCUT2D eigenvalue weighted by Gasteiger charge is 2.13. The summed E-state index contributed by atoms with van der Waals surface area (Å²) in [5.41, 5.74) is 0. The van der Waals surface area contributed by atoms with Gasteiger partial charge in [0.1, 0.15) is 0 Å². The van der Waals surface area contributed by atoms with Gasteiger partial charge >= 0.3 is 0 Å². The molecule has 1 amide bonds. The molecule has 0 heterocycles. The van der Waals surface area contributed by atoms with E-state index >= 15 is 0 Å². The van der Waals surface area contributed by atoms with E-state index in [4.69, 9.17) is 9.47 Å². The molecule has 0 bridgehead atoms. The lowest BCUT2D eigenvalue weighted by Crippen LogP contribution is -2.36. The third kappa shape index (κ3) is 5.11. The van der Waals surface area contributed by atoms with Gasteiger partial charge < -0.3 is 14.4 Å². The number of hydrogen-bond acceptors (Lipinski definition) is 3. The summed E-state index contributed by atoms with van der Waals surface area (Å²) in [6.45, 7) is 8.26. The predicted molar refractivity (Wildman–Crippen MR) is 80.3 cm³/mol. The maximum Gasteiger partial charge on any atom is 0.260 e. The van der Waals surface area contributed by atoms with E-state index in [0.29, 0.717) is 18.1 Å². The zero-order valence-corrected chi connectivity index (χ0v) is 12.7. The molecule has 0 fully saturated rings.